The first kappa shape index (κ1) is 16.9. The Kier molecular flexibility index (Phi) is 4.95. The van der Waals surface area contributed by atoms with Crippen molar-refractivity contribution in [1.29, 1.82) is 0 Å². The number of piperazine rings is 1. The fraction of sp³-hybridized carbons (Fsp3) is 0.650. The van der Waals surface area contributed by atoms with Gasteiger partial charge < -0.3 is 14.7 Å². The van der Waals surface area contributed by atoms with Gasteiger partial charge in [-0.3, -0.25) is 9.69 Å². The number of carbonyl (C=O) groups excluding carboxylic acids is 1. The minimum absolute atomic E-state index is 0.0976. The normalized spacial score (nSPS) is 27.5. The van der Waals surface area contributed by atoms with Gasteiger partial charge in [0.1, 0.15) is 5.75 Å². The van der Waals surface area contributed by atoms with E-state index in [4.69, 9.17) is 4.74 Å². The van der Waals surface area contributed by atoms with E-state index in [0.717, 1.165) is 69.3 Å². The fourth-order valence-electron chi connectivity index (χ4n) is 3.98. The largest absolute Gasteiger partial charge is 0.493 e. The van der Waals surface area contributed by atoms with Crippen LogP contribution in [0.4, 0.5) is 0 Å². The zero-order valence-corrected chi connectivity index (χ0v) is 14.8. The second-order valence-corrected chi connectivity index (χ2v) is 7.67. The summed E-state index contributed by atoms with van der Waals surface area (Å²) in [6, 6.07) is 7.84. The zero-order valence-electron chi connectivity index (χ0n) is 14.8. The summed E-state index contributed by atoms with van der Waals surface area (Å²) >= 11 is 0. The summed E-state index contributed by atoms with van der Waals surface area (Å²) in [6.45, 7) is 3.98. The van der Waals surface area contributed by atoms with Crippen LogP contribution in [0.3, 0.4) is 0 Å². The third-order valence-electron chi connectivity index (χ3n) is 5.80. The highest BCUT2D eigenvalue weighted by Gasteiger charge is 2.33. The highest BCUT2D eigenvalue weighted by Crippen LogP contribution is 2.29. The second-order valence-electron chi connectivity index (χ2n) is 7.67. The SMILES string of the molecule is O=C(c1ccc(OCC2CC2)cc1)N1CCN([C@H]2CCC[C@@H]2O)CC1. The number of benzene rings is 1. The van der Waals surface area contributed by atoms with E-state index in [0.29, 0.717) is 6.04 Å². The molecule has 25 heavy (non-hydrogen) atoms. The average molecular weight is 344 g/mol. The second kappa shape index (κ2) is 7.34. The molecule has 1 aliphatic heterocycles. The lowest BCUT2D eigenvalue weighted by molar-refractivity contribution is 0.0315. The highest BCUT2D eigenvalue weighted by molar-refractivity contribution is 5.94. The molecule has 0 radical (unpaired) electrons. The molecule has 3 aliphatic rings. The van der Waals surface area contributed by atoms with Crippen molar-refractivity contribution in [3.05, 3.63) is 29.8 Å². The molecule has 5 heteroatoms. The lowest BCUT2D eigenvalue weighted by Gasteiger charge is -2.39. The van der Waals surface area contributed by atoms with Gasteiger partial charge in [-0.25, -0.2) is 0 Å². The molecule has 1 saturated heterocycles. The molecule has 136 valence electrons. The molecule has 1 heterocycles. The molecule has 2 aliphatic carbocycles. The minimum Gasteiger partial charge on any atom is -0.493 e. The maximum atomic E-state index is 12.7. The monoisotopic (exact) mass is 344 g/mol. The van der Waals surface area contributed by atoms with Gasteiger partial charge in [-0.05, 0) is 62.3 Å². The molecule has 4 rings (SSSR count). The van der Waals surface area contributed by atoms with Gasteiger partial charge in [-0.1, -0.05) is 0 Å². The molecular formula is C20H28N2O3. The van der Waals surface area contributed by atoms with Crippen LogP contribution in [0.25, 0.3) is 0 Å². The van der Waals surface area contributed by atoms with Crippen LogP contribution < -0.4 is 4.74 Å². The molecule has 0 spiro atoms. The molecule has 3 fully saturated rings. The molecule has 1 amide bonds. The van der Waals surface area contributed by atoms with Gasteiger partial charge in [0, 0.05) is 37.8 Å². The van der Waals surface area contributed by atoms with E-state index in [1.54, 1.807) is 0 Å². The Balaban J connectivity index is 1.29. The number of rotatable bonds is 5. The first-order chi connectivity index (χ1) is 12.2. The lowest BCUT2D eigenvalue weighted by atomic mass is 10.1. The van der Waals surface area contributed by atoms with Crippen molar-refractivity contribution in [2.45, 2.75) is 44.2 Å². The first-order valence-electron chi connectivity index (χ1n) is 9.65. The zero-order chi connectivity index (χ0) is 17.2. The van der Waals surface area contributed by atoms with Gasteiger partial charge in [-0.2, -0.15) is 0 Å². The van der Waals surface area contributed by atoms with Crippen LogP contribution >= 0.6 is 0 Å². The standard InChI is InChI=1S/C20H28N2O3/c23-19-3-1-2-18(19)21-10-12-22(13-11-21)20(24)16-6-8-17(9-7-16)25-14-15-4-5-15/h6-9,15,18-19,23H,1-5,10-14H2/t18-,19-/m0/s1. The molecular weight excluding hydrogens is 316 g/mol. The molecule has 1 N–H and O–H groups in total. The Morgan fingerprint density at radius 2 is 1.76 bits per heavy atom. The van der Waals surface area contributed by atoms with Crippen LogP contribution in [0, 0.1) is 5.92 Å². The smallest absolute Gasteiger partial charge is 0.253 e. The van der Waals surface area contributed by atoms with E-state index in [9.17, 15) is 9.90 Å². The number of hydrogen-bond donors (Lipinski definition) is 1. The van der Waals surface area contributed by atoms with Crippen molar-refractivity contribution in [1.82, 2.24) is 9.80 Å². The number of aliphatic hydroxyl groups excluding tert-OH is 1. The number of aliphatic hydroxyl groups is 1. The molecule has 0 unspecified atom stereocenters. The maximum Gasteiger partial charge on any atom is 0.253 e. The van der Waals surface area contributed by atoms with E-state index in [1.807, 2.05) is 29.2 Å². The van der Waals surface area contributed by atoms with Crippen molar-refractivity contribution >= 4 is 5.91 Å². The summed E-state index contributed by atoms with van der Waals surface area (Å²) in [4.78, 5) is 17.0. The van der Waals surface area contributed by atoms with E-state index < -0.39 is 0 Å². The third-order valence-corrected chi connectivity index (χ3v) is 5.80. The van der Waals surface area contributed by atoms with Crippen molar-refractivity contribution < 1.29 is 14.6 Å². The van der Waals surface area contributed by atoms with E-state index in [-0.39, 0.29) is 12.0 Å². The van der Waals surface area contributed by atoms with E-state index in [1.165, 1.54) is 12.8 Å². The van der Waals surface area contributed by atoms with Crippen LogP contribution in [-0.4, -0.2) is 65.7 Å². The summed E-state index contributed by atoms with van der Waals surface area (Å²) < 4.78 is 5.74. The summed E-state index contributed by atoms with van der Waals surface area (Å²) in [5, 5.41) is 10.1. The van der Waals surface area contributed by atoms with Crippen molar-refractivity contribution in [2.24, 2.45) is 5.92 Å². The fourth-order valence-corrected chi connectivity index (χ4v) is 3.98. The first-order valence-corrected chi connectivity index (χ1v) is 9.65. The summed E-state index contributed by atoms with van der Waals surface area (Å²) in [7, 11) is 0. The van der Waals surface area contributed by atoms with Crippen LogP contribution in [0.15, 0.2) is 24.3 Å². The summed E-state index contributed by atoms with van der Waals surface area (Å²) in [6.07, 6.45) is 5.47. The molecule has 1 aromatic carbocycles. The summed E-state index contributed by atoms with van der Waals surface area (Å²) in [5.41, 5.74) is 0.730. The Labute approximate surface area is 149 Å². The molecule has 0 aromatic heterocycles. The maximum absolute atomic E-state index is 12.7. The number of amides is 1. The van der Waals surface area contributed by atoms with E-state index in [2.05, 4.69) is 4.90 Å². The topological polar surface area (TPSA) is 53.0 Å². The molecule has 2 atom stereocenters. The van der Waals surface area contributed by atoms with Gasteiger partial charge >= 0.3 is 0 Å². The Morgan fingerprint density at radius 1 is 1.04 bits per heavy atom. The van der Waals surface area contributed by atoms with Crippen LogP contribution in [0.5, 0.6) is 5.75 Å². The molecule has 1 aromatic rings. The van der Waals surface area contributed by atoms with Gasteiger partial charge in [0.2, 0.25) is 0 Å². The Morgan fingerprint density at radius 3 is 2.36 bits per heavy atom. The average Bonchev–Trinajstić information content (AvgIpc) is 3.39. The minimum atomic E-state index is -0.189. The van der Waals surface area contributed by atoms with Gasteiger partial charge in [0.15, 0.2) is 0 Å². The molecule has 5 nitrogen and oxygen atoms in total. The van der Waals surface area contributed by atoms with Crippen molar-refractivity contribution in [3.8, 4) is 5.75 Å². The quantitative estimate of drug-likeness (QED) is 0.889. The Bertz CT molecular complexity index is 591. The van der Waals surface area contributed by atoms with Gasteiger partial charge in [0.25, 0.3) is 5.91 Å². The van der Waals surface area contributed by atoms with Crippen molar-refractivity contribution in [2.75, 3.05) is 32.8 Å². The Hall–Kier alpha value is -1.59. The highest BCUT2D eigenvalue weighted by atomic mass is 16.5. The van der Waals surface area contributed by atoms with Gasteiger partial charge in [0.05, 0.1) is 12.7 Å². The van der Waals surface area contributed by atoms with Crippen LogP contribution in [-0.2, 0) is 0 Å². The van der Waals surface area contributed by atoms with Crippen molar-refractivity contribution in [3.63, 3.8) is 0 Å². The molecule has 0 bridgehead atoms. The van der Waals surface area contributed by atoms with Gasteiger partial charge in [-0.15, -0.1) is 0 Å². The molecule has 2 saturated carbocycles. The number of nitrogens with zero attached hydrogens (tertiary/aromatic N) is 2. The number of ether oxygens (including phenoxy) is 1. The number of hydrogen-bond acceptors (Lipinski definition) is 4. The van der Waals surface area contributed by atoms with E-state index >= 15 is 0 Å². The van der Waals surface area contributed by atoms with Crippen LogP contribution in [0.2, 0.25) is 0 Å². The predicted octanol–water partition coefficient (Wildman–Crippen LogP) is 2.15. The summed E-state index contributed by atoms with van der Waals surface area (Å²) in [5.74, 6) is 1.68. The third kappa shape index (κ3) is 3.98. The number of carbonyl (C=O) groups is 1. The lowest BCUT2D eigenvalue weighted by Crippen LogP contribution is -2.53. The van der Waals surface area contributed by atoms with Crippen LogP contribution in [0.1, 0.15) is 42.5 Å². The predicted molar refractivity (Wildman–Crippen MR) is 95.8 cm³/mol.